The summed E-state index contributed by atoms with van der Waals surface area (Å²) < 4.78 is 5.92. The molecule has 1 saturated heterocycles. The maximum absolute atomic E-state index is 13.1. The van der Waals surface area contributed by atoms with Gasteiger partial charge in [0.05, 0.1) is 6.54 Å². The minimum absolute atomic E-state index is 0.0136. The van der Waals surface area contributed by atoms with Crippen LogP contribution in [0, 0.1) is 5.92 Å². The molecule has 0 bridgehead atoms. The zero-order valence-corrected chi connectivity index (χ0v) is 19.6. The number of amides is 2. The molecule has 2 aromatic rings. The molecule has 0 radical (unpaired) electrons. The van der Waals surface area contributed by atoms with Gasteiger partial charge in [0.2, 0.25) is 17.6 Å². The molecule has 3 heterocycles. The van der Waals surface area contributed by atoms with Gasteiger partial charge in [-0.2, -0.15) is 4.68 Å². The normalized spacial score (nSPS) is 23.1. The molecule has 3 aliphatic rings. The van der Waals surface area contributed by atoms with E-state index in [2.05, 4.69) is 10.4 Å². The van der Waals surface area contributed by atoms with Crippen molar-refractivity contribution in [1.29, 1.82) is 0 Å². The van der Waals surface area contributed by atoms with Gasteiger partial charge in [-0.05, 0) is 43.7 Å². The number of likely N-dealkylation sites (tertiary alicyclic amines) is 1. The Labute approximate surface area is 196 Å². The number of benzene rings is 1. The molecule has 1 aromatic carbocycles. The van der Waals surface area contributed by atoms with Crippen LogP contribution in [0.4, 0.5) is 0 Å². The molecule has 34 heavy (non-hydrogen) atoms. The number of aryl methyl sites for hydroxylation is 1. The molecule has 1 aliphatic carbocycles. The lowest BCUT2D eigenvalue weighted by molar-refractivity contribution is -0.135. The Kier molecular flexibility index (Phi) is 5.43. The van der Waals surface area contributed by atoms with Crippen LogP contribution in [0.25, 0.3) is 0 Å². The lowest BCUT2D eigenvalue weighted by atomic mass is 9.99. The van der Waals surface area contributed by atoms with Crippen LogP contribution in [-0.4, -0.2) is 61.3 Å². The van der Waals surface area contributed by atoms with E-state index < -0.39 is 23.1 Å². The maximum atomic E-state index is 13.1. The van der Waals surface area contributed by atoms with Crippen LogP contribution in [-0.2, 0) is 29.7 Å². The van der Waals surface area contributed by atoms with Crippen molar-refractivity contribution < 1.29 is 18.8 Å². The van der Waals surface area contributed by atoms with Gasteiger partial charge in [0.1, 0.15) is 6.04 Å². The number of rotatable bonds is 7. The molecule has 3 atom stereocenters. The number of hydrogen-bond donors (Lipinski definition) is 1. The van der Waals surface area contributed by atoms with Gasteiger partial charge in [-0.15, -0.1) is 5.10 Å². The van der Waals surface area contributed by atoms with E-state index in [1.165, 1.54) is 18.2 Å². The number of nitrogens with one attached hydrogen (secondary N) is 1. The number of hydrogen-bond acceptors (Lipinski definition) is 7. The minimum Gasteiger partial charge on any atom is -0.384 e. The lowest BCUT2D eigenvalue weighted by Gasteiger charge is -2.31. The predicted octanol–water partition coefficient (Wildman–Crippen LogP) is 0.846. The highest BCUT2D eigenvalue weighted by molar-refractivity contribution is 5.99. The summed E-state index contributed by atoms with van der Waals surface area (Å²) in [6.45, 7) is 5.02. The first-order chi connectivity index (χ1) is 16.1. The summed E-state index contributed by atoms with van der Waals surface area (Å²) in [4.78, 5) is 54.0. The van der Waals surface area contributed by atoms with Crippen molar-refractivity contribution >= 4 is 17.6 Å². The summed E-state index contributed by atoms with van der Waals surface area (Å²) in [5.74, 6) is -1.29. The van der Waals surface area contributed by atoms with Crippen LogP contribution < -0.4 is 11.1 Å². The van der Waals surface area contributed by atoms with E-state index >= 15 is 0 Å². The summed E-state index contributed by atoms with van der Waals surface area (Å²) in [5.41, 5.74) is 1.74. The van der Waals surface area contributed by atoms with Gasteiger partial charge in [0, 0.05) is 38.1 Å². The smallest absolute Gasteiger partial charge is 0.384 e. The molecule has 2 fully saturated rings. The first-order valence-corrected chi connectivity index (χ1v) is 11.6. The largest absolute Gasteiger partial charge is 0.437 e. The van der Waals surface area contributed by atoms with E-state index in [4.69, 9.17) is 4.42 Å². The Morgan fingerprint density at radius 2 is 1.79 bits per heavy atom. The van der Waals surface area contributed by atoms with Crippen LogP contribution in [0.1, 0.15) is 54.9 Å². The average Bonchev–Trinajstić information content (AvgIpc) is 3.11. The first-order valence-electron chi connectivity index (χ1n) is 11.6. The fourth-order valence-electron chi connectivity index (χ4n) is 5.11. The monoisotopic (exact) mass is 467 g/mol. The summed E-state index contributed by atoms with van der Waals surface area (Å²) in [5, 5.41) is 7.07. The third-order valence-corrected chi connectivity index (χ3v) is 7.10. The second-order valence-electron chi connectivity index (χ2n) is 10.2. The van der Waals surface area contributed by atoms with Crippen LogP contribution in [0.3, 0.4) is 0 Å². The number of piperidine rings is 1. The SMILES string of the molecule is Cn1nc(C(=O)C2CC3CC3N2C(=O)CNC(C)(C)CC(=O)N2Cc3ccccc3C2)oc1=O. The molecule has 1 aromatic heterocycles. The van der Waals surface area contributed by atoms with Crippen molar-refractivity contribution in [3.8, 4) is 0 Å². The molecule has 1 saturated carbocycles. The Morgan fingerprint density at radius 3 is 2.41 bits per heavy atom. The summed E-state index contributed by atoms with van der Waals surface area (Å²) in [6.07, 6.45) is 1.67. The number of aromatic nitrogens is 2. The highest BCUT2D eigenvalue weighted by Crippen LogP contribution is 2.48. The Hall–Kier alpha value is -3.27. The third kappa shape index (κ3) is 4.18. The van der Waals surface area contributed by atoms with E-state index in [1.807, 2.05) is 43.0 Å². The minimum atomic E-state index is -0.710. The Morgan fingerprint density at radius 1 is 1.12 bits per heavy atom. The molecular formula is C24H29N5O5. The van der Waals surface area contributed by atoms with Gasteiger partial charge in [0.15, 0.2) is 0 Å². The molecule has 0 spiro atoms. The zero-order valence-electron chi connectivity index (χ0n) is 19.6. The summed E-state index contributed by atoms with van der Waals surface area (Å²) >= 11 is 0. The van der Waals surface area contributed by atoms with E-state index in [0.29, 0.717) is 25.4 Å². The van der Waals surface area contributed by atoms with Crippen LogP contribution >= 0.6 is 0 Å². The van der Waals surface area contributed by atoms with Gasteiger partial charge in [-0.1, -0.05) is 24.3 Å². The number of carbonyl (C=O) groups excluding carboxylic acids is 3. The average molecular weight is 468 g/mol. The Bertz CT molecular complexity index is 1190. The molecule has 2 amide bonds. The van der Waals surface area contributed by atoms with Crippen LogP contribution in [0.2, 0.25) is 0 Å². The van der Waals surface area contributed by atoms with E-state index in [1.54, 1.807) is 4.90 Å². The highest BCUT2D eigenvalue weighted by atomic mass is 16.4. The number of fused-ring (bicyclic) bond motifs is 2. The lowest BCUT2D eigenvalue weighted by Crippen LogP contribution is -2.51. The second-order valence-corrected chi connectivity index (χ2v) is 10.2. The van der Waals surface area contributed by atoms with Crippen LogP contribution in [0.15, 0.2) is 33.5 Å². The number of nitrogens with zero attached hydrogens (tertiary/aromatic N) is 4. The van der Waals surface area contributed by atoms with Crippen LogP contribution in [0.5, 0.6) is 0 Å². The van der Waals surface area contributed by atoms with Crippen molar-refractivity contribution in [3.05, 3.63) is 51.8 Å². The quantitative estimate of drug-likeness (QED) is 0.600. The standard InChI is InChI=1S/C24H29N5O5/c1-24(2,10-19(30)28-12-14-6-4-5-7-15(14)13-28)25-11-20(31)29-17-8-16(17)9-18(29)21(32)22-26-27(3)23(33)34-22/h4-7,16-18,25H,8-13H2,1-3H3. The molecule has 2 aliphatic heterocycles. The summed E-state index contributed by atoms with van der Waals surface area (Å²) in [6, 6.07) is 7.40. The molecule has 10 nitrogen and oxygen atoms in total. The van der Waals surface area contributed by atoms with Crippen molar-refractivity contribution in [3.63, 3.8) is 0 Å². The molecule has 3 unspecified atom stereocenters. The third-order valence-electron chi connectivity index (χ3n) is 7.10. The van der Waals surface area contributed by atoms with Gasteiger partial charge >= 0.3 is 5.76 Å². The fourth-order valence-corrected chi connectivity index (χ4v) is 5.11. The van der Waals surface area contributed by atoms with Gasteiger partial charge in [-0.3, -0.25) is 14.4 Å². The van der Waals surface area contributed by atoms with Crippen molar-refractivity contribution in [1.82, 2.24) is 24.9 Å². The maximum Gasteiger partial charge on any atom is 0.437 e. The van der Waals surface area contributed by atoms with Crippen molar-refractivity contribution in [2.24, 2.45) is 13.0 Å². The number of Topliss-reactive ketones (excluding diaryl/α,β-unsaturated/α-hetero) is 1. The zero-order chi connectivity index (χ0) is 24.2. The first kappa shape index (κ1) is 22.5. The molecular weight excluding hydrogens is 438 g/mol. The number of carbonyl (C=O) groups is 3. The molecule has 1 N–H and O–H groups in total. The van der Waals surface area contributed by atoms with Crippen molar-refractivity contribution in [2.45, 2.75) is 63.8 Å². The topological polar surface area (TPSA) is 118 Å². The van der Waals surface area contributed by atoms with E-state index in [9.17, 15) is 19.2 Å². The fraction of sp³-hybridized carbons (Fsp3) is 0.542. The van der Waals surface area contributed by atoms with Gasteiger partial charge in [0.25, 0.3) is 5.89 Å². The molecule has 10 heteroatoms. The van der Waals surface area contributed by atoms with E-state index in [-0.39, 0.29) is 36.7 Å². The molecule has 180 valence electrons. The predicted molar refractivity (Wildman–Crippen MR) is 121 cm³/mol. The highest BCUT2D eigenvalue weighted by Gasteiger charge is 2.56. The van der Waals surface area contributed by atoms with Gasteiger partial charge in [-0.25, -0.2) is 4.79 Å². The molecule has 5 rings (SSSR count). The number of ketones is 1. The van der Waals surface area contributed by atoms with Crippen molar-refractivity contribution in [2.75, 3.05) is 6.54 Å². The Balaban J connectivity index is 1.18. The second kappa shape index (κ2) is 8.19. The van der Waals surface area contributed by atoms with Gasteiger partial charge < -0.3 is 19.5 Å². The summed E-state index contributed by atoms with van der Waals surface area (Å²) in [7, 11) is 1.41. The van der Waals surface area contributed by atoms with E-state index in [0.717, 1.165) is 11.1 Å².